The van der Waals surface area contributed by atoms with Crippen LogP contribution in [0, 0.1) is 13.8 Å². The molecule has 1 aromatic heterocycles. The number of ether oxygens (including phenoxy) is 1. The molecule has 0 saturated heterocycles. The summed E-state index contributed by atoms with van der Waals surface area (Å²) in [5.74, 6) is 1.34. The Hall–Kier alpha value is -2.55. The highest BCUT2D eigenvalue weighted by Gasteiger charge is 2.16. The van der Waals surface area contributed by atoms with Gasteiger partial charge in [0.25, 0.3) is 0 Å². The fourth-order valence-corrected chi connectivity index (χ4v) is 2.87. The third-order valence-electron chi connectivity index (χ3n) is 3.78. The summed E-state index contributed by atoms with van der Waals surface area (Å²) in [6.07, 6.45) is 0.0725. The number of hydrogen-bond donors (Lipinski definition) is 0. The van der Waals surface area contributed by atoms with Crippen molar-refractivity contribution in [1.29, 1.82) is 0 Å². The van der Waals surface area contributed by atoms with Crippen LogP contribution in [0.3, 0.4) is 0 Å². The first-order valence-corrected chi connectivity index (χ1v) is 7.77. The van der Waals surface area contributed by atoms with Gasteiger partial charge in [0.1, 0.15) is 17.1 Å². The van der Waals surface area contributed by atoms with Crippen molar-refractivity contribution >= 4 is 11.0 Å². The fraction of sp³-hybridized carbons (Fsp3) is 0.250. The molecule has 0 amide bonds. The minimum atomic E-state index is 0.00328. The van der Waals surface area contributed by atoms with E-state index in [-0.39, 0.29) is 11.5 Å². The molecule has 3 heteroatoms. The van der Waals surface area contributed by atoms with E-state index in [1.807, 2.05) is 64.1 Å². The lowest BCUT2D eigenvalue weighted by Gasteiger charge is -2.13. The van der Waals surface area contributed by atoms with Gasteiger partial charge in [-0.25, -0.2) is 0 Å². The van der Waals surface area contributed by atoms with Crippen molar-refractivity contribution < 1.29 is 9.15 Å². The summed E-state index contributed by atoms with van der Waals surface area (Å²) in [4.78, 5) is 13.0. The van der Waals surface area contributed by atoms with Crippen LogP contribution in [0.4, 0.5) is 0 Å². The molecule has 0 saturated carbocycles. The number of hydrogen-bond acceptors (Lipinski definition) is 3. The highest BCUT2D eigenvalue weighted by Crippen LogP contribution is 2.28. The molecule has 0 aliphatic carbocycles. The van der Waals surface area contributed by atoms with Crippen LogP contribution in [-0.4, -0.2) is 6.10 Å². The molecule has 0 N–H and O–H groups in total. The van der Waals surface area contributed by atoms with Gasteiger partial charge >= 0.3 is 0 Å². The average molecular weight is 308 g/mol. The third kappa shape index (κ3) is 2.87. The normalized spacial score (nSPS) is 11.2. The first-order chi connectivity index (χ1) is 11.0. The topological polar surface area (TPSA) is 39.4 Å². The van der Waals surface area contributed by atoms with Crippen LogP contribution >= 0.6 is 0 Å². The minimum Gasteiger partial charge on any atom is -0.491 e. The maximum atomic E-state index is 13.0. The Morgan fingerprint density at radius 2 is 1.74 bits per heavy atom. The number of rotatable bonds is 3. The Balaban J connectivity index is 2.28. The van der Waals surface area contributed by atoms with E-state index in [2.05, 4.69) is 0 Å². The molecule has 118 valence electrons. The van der Waals surface area contributed by atoms with Crippen molar-refractivity contribution in [3.8, 4) is 16.9 Å². The van der Waals surface area contributed by atoms with Crippen molar-refractivity contribution in [3.05, 3.63) is 64.0 Å². The maximum absolute atomic E-state index is 13.0. The molecule has 2 aromatic carbocycles. The molecule has 0 atom stereocenters. The van der Waals surface area contributed by atoms with Gasteiger partial charge < -0.3 is 9.15 Å². The van der Waals surface area contributed by atoms with E-state index in [1.54, 1.807) is 6.07 Å². The van der Waals surface area contributed by atoms with Gasteiger partial charge in [-0.15, -0.1) is 0 Å². The first-order valence-electron chi connectivity index (χ1n) is 7.77. The lowest BCUT2D eigenvalue weighted by Crippen LogP contribution is -2.10. The van der Waals surface area contributed by atoms with Crippen molar-refractivity contribution in [1.82, 2.24) is 0 Å². The van der Waals surface area contributed by atoms with Crippen LogP contribution in [0.1, 0.15) is 25.2 Å². The summed E-state index contributed by atoms with van der Waals surface area (Å²) in [6, 6.07) is 13.3. The summed E-state index contributed by atoms with van der Waals surface area (Å²) in [5, 5.41) is 0.616. The zero-order valence-electron chi connectivity index (χ0n) is 13.8. The second-order valence-corrected chi connectivity index (χ2v) is 6.01. The van der Waals surface area contributed by atoms with Crippen LogP contribution in [-0.2, 0) is 0 Å². The van der Waals surface area contributed by atoms with E-state index < -0.39 is 0 Å². The highest BCUT2D eigenvalue weighted by atomic mass is 16.5. The lowest BCUT2D eigenvalue weighted by atomic mass is 10.0. The maximum Gasteiger partial charge on any atom is 0.201 e. The zero-order chi connectivity index (χ0) is 16.6. The molecule has 0 radical (unpaired) electrons. The second-order valence-electron chi connectivity index (χ2n) is 6.01. The van der Waals surface area contributed by atoms with E-state index in [9.17, 15) is 4.79 Å². The van der Waals surface area contributed by atoms with E-state index in [4.69, 9.17) is 9.15 Å². The molecule has 0 bridgehead atoms. The molecule has 0 aliphatic heterocycles. The first kappa shape index (κ1) is 15.3. The van der Waals surface area contributed by atoms with Gasteiger partial charge in [-0.3, -0.25) is 4.79 Å². The van der Waals surface area contributed by atoms with Gasteiger partial charge in [0.15, 0.2) is 0 Å². The quantitative estimate of drug-likeness (QED) is 0.693. The van der Waals surface area contributed by atoms with Crippen LogP contribution in [0.15, 0.2) is 51.7 Å². The average Bonchev–Trinajstić information content (AvgIpc) is 2.46. The van der Waals surface area contributed by atoms with Gasteiger partial charge in [0.2, 0.25) is 5.43 Å². The molecule has 0 aliphatic rings. The molecule has 3 rings (SSSR count). The van der Waals surface area contributed by atoms with Crippen LogP contribution in [0.2, 0.25) is 0 Å². The monoisotopic (exact) mass is 308 g/mol. The highest BCUT2D eigenvalue weighted by molar-refractivity contribution is 5.86. The Labute approximate surface area is 135 Å². The zero-order valence-corrected chi connectivity index (χ0v) is 13.8. The molecule has 23 heavy (non-hydrogen) atoms. The Bertz CT molecular complexity index is 906. The lowest BCUT2D eigenvalue weighted by molar-refractivity contribution is 0.242. The second kappa shape index (κ2) is 5.92. The van der Waals surface area contributed by atoms with E-state index >= 15 is 0 Å². The van der Waals surface area contributed by atoms with Gasteiger partial charge in [0.05, 0.1) is 17.1 Å². The predicted octanol–water partition coefficient (Wildman–Crippen LogP) is 4.86. The summed E-state index contributed by atoms with van der Waals surface area (Å²) in [7, 11) is 0. The summed E-state index contributed by atoms with van der Waals surface area (Å²) >= 11 is 0. The van der Waals surface area contributed by atoms with Crippen LogP contribution in [0.5, 0.6) is 5.75 Å². The fourth-order valence-electron chi connectivity index (χ4n) is 2.87. The molecular weight excluding hydrogens is 288 g/mol. The van der Waals surface area contributed by atoms with Crippen LogP contribution in [0.25, 0.3) is 22.1 Å². The molecule has 1 heterocycles. The predicted molar refractivity (Wildman–Crippen MR) is 93.2 cm³/mol. The van der Waals surface area contributed by atoms with Crippen molar-refractivity contribution in [3.63, 3.8) is 0 Å². The Kier molecular flexibility index (Phi) is 3.95. The number of benzene rings is 2. The van der Waals surface area contributed by atoms with E-state index in [0.29, 0.717) is 22.3 Å². The smallest absolute Gasteiger partial charge is 0.201 e. The van der Waals surface area contributed by atoms with Crippen molar-refractivity contribution in [2.45, 2.75) is 33.8 Å². The van der Waals surface area contributed by atoms with Gasteiger partial charge in [-0.1, -0.05) is 30.3 Å². The van der Waals surface area contributed by atoms with Gasteiger partial charge in [-0.2, -0.15) is 0 Å². The largest absolute Gasteiger partial charge is 0.491 e. The molecule has 0 spiro atoms. The minimum absolute atomic E-state index is 0.00328. The van der Waals surface area contributed by atoms with Crippen LogP contribution < -0.4 is 10.2 Å². The third-order valence-corrected chi connectivity index (χ3v) is 3.78. The molecule has 0 unspecified atom stereocenters. The van der Waals surface area contributed by atoms with Crippen molar-refractivity contribution in [2.75, 3.05) is 0 Å². The van der Waals surface area contributed by atoms with E-state index in [0.717, 1.165) is 16.9 Å². The molecular formula is C20H20O3. The van der Waals surface area contributed by atoms with Gasteiger partial charge in [-0.05, 0) is 44.9 Å². The number of fused-ring (bicyclic) bond motifs is 1. The van der Waals surface area contributed by atoms with Gasteiger partial charge in [0, 0.05) is 6.07 Å². The summed E-state index contributed by atoms with van der Waals surface area (Å²) in [5.41, 5.74) is 2.94. The van der Waals surface area contributed by atoms with E-state index in [1.165, 1.54) is 0 Å². The molecule has 0 fully saturated rings. The standard InChI is InChI=1S/C20H20O3/c1-12(2)22-16-10-13(3)18-17(11-16)23-14(4)19(20(18)21)15-8-6-5-7-9-15/h5-12H,1-4H3. The van der Waals surface area contributed by atoms with Crippen molar-refractivity contribution in [2.24, 2.45) is 0 Å². The summed E-state index contributed by atoms with van der Waals surface area (Å²) in [6.45, 7) is 7.68. The molecule has 3 nitrogen and oxygen atoms in total. The Morgan fingerprint density at radius 1 is 1.04 bits per heavy atom. The number of aryl methyl sites for hydroxylation is 2. The SMILES string of the molecule is Cc1oc2cc(OC(C)C)cc(C)c2c(=O)c1-c1ccccc1. The molecule has 3 aromatic rings. The Morgan fingerprint density at radius 3 is 2.39 bits per heavy atom. The summed E-state index contributed by atoms with van der Waals surface area (Å²) < 4.78 is 11.7.